The van der Waals surface area contributed by atoms with Gasteiger partial charge in [-0.15, -0.1) is 11.3 Å². The first kappa shape index (κ1) is 13.6. The van der Waals surface area contributed by atoms with Crippen molar-refractivity contribution in [3.05, 3.63) is 22.4 Å². The first-order chi connectivity index (χ1) is 8.69. The Hall–Kier alpha value is -0.870. The van der Waals surface area contributed by atoms with E-state index >= 15 is 0 Å². The maximum Gasteiger partial charge on any atom is 0.238 e. The van der Waals surface area contributed by atoms with Crippen LogP contribution in [0.5, 0.6) is 0 Å². The van der Waals surface area contributed by atoms with E-state index in [2.05, 4.69) is 23.7 Å². The lowest BCUT2D eigenvalue weighted by Gasteiger charge is -2.42. The molecule has 3 nitrogen and oxygen atoms in total. The molecule has 1 aromatic rings. The molecule has 100 valence electrons. The molecule has 3 N–H and O–H groups in total. The van der Waals surface area contributed by atoms with E-state index in [4.69, 9.17) is 5.73 Å². The van der Waals surface area contributed by atoms with Gasteiger partial charge in [0, 0.05) is 11.4 Å². The smallest absolute Gasteiger partial charge is 0.238 e. The Balaban J connectivity index is 2.12. The van der Waals surface area contributed by atoms with E-state index in [0.717, 1.165) is 32.2 Å². The predicted molar refractivity (Wildman–Crippen MR) is 75.3 cm³/mol. The summed E-state index contributed by atoms with van der Waals surface area (Å²) in [5, 5.41) is 5.54. The third-order valence-corrected chi connectivity index (χ3v) is 5.04. The van der Waals surface area contributed by atoms with Gasteiger partial charge < -0.3 is 5.73 Å². The van der Waals surface area contributed by atoms with Crippen molar-refractivity contribution in [1.82, 2.24) is 5.32 Å². The number of carbonyl (C=O) groups excluding carboxylic acids is 1. The molecule has 2 atom stereocenters. The van der Waals surface area contributed by atoms with Gasteiger partial charge >= 0.3 is 0 Å². The third-order valence-electron chi connectivity index (χ3n) is 4.16. The molecule has 18 heavy (non-hydrogen) atoms. The maximum atomic E-state index is 12.0. The Kier molecular flexibility index (Phi) is 4.40. The first-order valence-corrected chi connectivity index (χ1v) is 7.64. The Morgan fingerprint density at radius 2 is 2.44 bits per heavy atom. The van der Waals surface area contributed by atoms with Gasteiger partial charge in [-0.2, -0.15) is 0 Å². The predicted octanol–water partition coefficient (Wildman–Crippen LogP) is 2.66. The largest absolute Gasteiger partial charge is 0.368 e. The summed E-state index contributed by atoms with van der Waals surface area (Å²) in [6.45, 7) is 2.90. The minimum Gasteiger partial charge on any atom is -0.368 e. The van der Waals surface area contributed by atoms with Crippen LogP contribution in [-0.2, 0) is 11.3 Å². The fourth-order valence-corrected chi connectivity index (χ4v) is 3.74. The van der Waals surface area contributed by atoms with Gasteiger partial charge in [0.05, 0.1) is 0 Å². The molecule has 4 heteroatoms. The normalized spacial score (nSPS) is 28.2. The van der Waals surface area contributed by atoms with E-state index in [-0.39, 0.29) is 5.91 Å². The quantitative estimate of drug-likeness (QED) is 0.861. The van der Waals surface area contributed by atoms with E-state index in [1.54, 1.807) is 11.3 Å². The maximum absolute atomic E-state index is 12.0. The van der Waals surface area contributed by atoms with Crippen molar-refractivity contribution in [2.24, 2.45) is 11.7 Å². The molecule has 1 heterocycles. The van der Waals surface area contributed by atoms with E-state index in [0.29, 0.717) is 5.92 Å². The van der Waals surface area contributed by atoms with Crippen LogP contribution in [0.1, 0.15) is 43.9 Å². The Bertz CT molecular complexity index is 391. The number of carbonyl (C=O) groups is 1. The Morgan fingerprint density at radius 1 is 1.61 bits per heavy atom. The van der Waals surface area contributed by atoms with Crippen molar-refractivity contribution in [3.63, 3.8) is 0 Å². The number of hydrogen-bond donors (Lipinski definition) is 2. The lowest BCUT2D eigenvalue weighted by Crippen LogP contribution is -2.61. The lowest BCUT2D eigenvalue weighted by molar-refractivity contribution is -0.128. The van der Waals surface area contributed by atoms with Crippen molar-refractivity contribution in [3.8, 4) is 0 Å². The molecular formula is C14H22N2OS. The minimum atomic E-state index is -0.489. The summed E-state index contributed by atoms with van der Waals surface area (Å²) in [6, 6.07) is 4.13. The summed E-state index contributed by atoms with van der Waals surface area (Å²) < 4.78 is 0. The Morgan fingerprint density at radius 3 is 3.06 bits per heavy atom. The number of nitrogens with two attached hydrogens (primary N) is 1. The summed E-state index contributed by atoms with van der Waals surface area (Å²) in [5.74, 6) is 0.203. The molecule has 0 spiro atoms. The molecule has 1 fully saturated rings. The van der Waals surface area contributed by atoms with Crippen LogP contribution in [0.2, 0.25) is 0 Å². The van der Waals surface area contributed by atoms with Gasteiger partial charge in [0.25, 0.3) is 0 Å². The molecule has 2 unspecified atom stereocenters. The van der Waals surface area contributed by atoms with Gasteiger partial charge in [0.1, 0.15) is 5.54 Å². The summed E-state index contributed by atoms with van der Waals surface area (Å²) in [7, 11) is 0. The molecule has 1 aromatic heterocycles. The SMILES string of the molecule is CCC1CCCCC1(NCc1cccs1)C(N)=O. The van der Waals surface area contributed by atoms with Gasteiger partial charge in [0.15, 0.2) is 0 Å². The second-order valence-electron chi connectivity index (χ2n) is 5.12. The van der Waals surface area contributed by atoms with Crippen LogP contribution in [0.25, 0.3) is 0 Å². The van der Waals surface area contributed by atoms with E-state index in [1.165, 1.54) is 11.3 Å². The number of primary amides is 1. The molecule has 0 aliphatic heterocycles. The van der Waals surface area contributed by atoms with Crippen LogP contribution < -0.4 is 11.1 Å². The highest BCUT2D eigenvalue weighted by atomic mass is 32.1. The molecule has 2 rings (SSSR count). The Labute approximate surface area is 113 Å². The molecule has 0 aromatic carbocycles. The van der Waals surface area contributed by atoms with Gasteiger partial charge in [-0.3, -0.25) is 10.1 Å². The highest BCUT2D eigenvalue weighted by Gasteiger charge is 2.44. The summed E-state index contributed by atoms with van der Waals surface area (Å²) in [5.41, 5.74) is 5.22. The van der Waals surface area contributed by atoms with Crippen molar-refractivity contribution in [2.75, 3.05) is 0 Å². The van der Waals surface area contributed by atoms with E-state index in [1.807, 2.05) is 6.07 Å². The van der Waals surface area contributed by atoms with E-state index < -0.39 is 5.54 Å². The number of hydrogen-bond acceptors (Lipinski definition) is 3. The second-order valence-corrected chi connectivity index (χ2v) is 6.15. The molecule has 1 saturated carbocycles. The van der Waals surface area contributed by atoms with Crippen LogP contribution in [0, 0.1) is 5.92 Å². The molecule has 1 amide bonds. The van der Waals surface area contributed by atoms with Gasteiger partial charge in [-0.25, -0.2) is 0 Å². The van der Waals surface area contributed by atoms with Crippen molar-refractivity contribution in [2.45, 2.75) is 51.1 Å². The zero-order valence-electron chi connectivity index (χ0n) is 10.9. The van der Waals surface area contributed by atoms with Crippen LogP contribution >= 0.6 is 11.3 Å². The highest BCUT2D eigenvalue weighted by molar-refractivity contribution is 7.09. The molecule has 0 saturated heterocycles. The van der Waals surface area contributed by atoms with Crippen molar-refractivity contribution >= 4 is 17.2 Å². The zero-order chi connectivity index (χ0) is 13.0. The van der Waals surface area contributed by atoms with Crippen LogP contribution in [0.4, 0.5) is 0 Å². The number of rotatable bonds is 5. The minimum absolute atomic E-state index is 0.175. The molecule has 1 aliphatic rings. The van der Waals surface area contributed by atoms with Crippen molar-refractivity contribution in [1.29, 1.82) is 0 Å². The first-order valence-electron chi connectivity index (χ1n) is 6.76. The van der Waals surface area contributed by atoms with Crippen LogP contribution in [0.15, 0.2) is 17.5 Å². The van der Waals surface area contributed by atoms with Crippen LogP contribution in [0.3, 0.4) is 0 Å². The van der Waals surface area contributed by atoms with Gasteiger partial charge in [-0.1, -0.05) is 32.3 Å². The molecule has 0 radical (unpaired) electrons. The molecule has 0 bridgehead atoms. The average Bonchev–Trinajstić information content (AvgIpc) is 2.89. The number of nitrogens with one attached hydrogen (secondary N) is 1. The summed E-state index contributed by atoms with van der Waals surface area (Å²) in [4.78, 5) is 13.2. The highest BCUT2D eigenvalue weighted by Crippen LogP contribution is 2.36. The third kappa shape index (κ3) is 2.59. The fourth-order valence-electron chi connectivity index (χ4n) is 3.10. The fraction of sp³-hybridized carbons (Fsp3) is 0.643. The lowest BCUT2D eigenvalue weighted by atomic mass is 9.71. The second kappa shape index (κ2) is 5.85. The zero-order valence-corrected chi connectivity index (χ0v) is 11.8. The summed E-state index contributed by atoms with van der Waals surface area (Å²) >= 11 is 1.72. The van der Waals surface area contributed by atoms with Gasteiger partial charge in [0.2, 0.25) is 5.91 Å². The van der Waals surface area contributed by atoms with Gasteiger partial charge in [-0.05, 0) is 30.2 Å². The number of amides is 1. The number of thiophene rings is 1. The molecule has 1 aliphatic carbocycles. The average molecular weight is 266 g/mol. The molecular weight excluding hydrogens is 244 g/mol. The van der Waals surface area contributed by atoms with Crippen molar-refractivity contribution < 1.29 is 4.79 Å². The topological polar surface area (TPSA) is 55.1 Å². The summed E-state index contributed by atoms with van der Waals surface area (Å²) in [6.07, 6.45) is 5.31. The standard InChI is InChI=1S/C14H22N2OS/c1-2-11-6-3-4-8-14(11,13(15)17)16-10-12-7-5-9-18-12/h5,7,9,11,16H,2-4,6,8,10H2,1H3,(H2,15,17). The monoisotopic (exact) mass is 266 g/mol. The van der Waals surface area contributed by atoms with Crippen LogP contribution in [-0.4, -0.2) is 11.4 Å². The van der Waals surface area contributed by atoms with E-state index in [9.17, 15) is 4.79 Å².